The van der Waals surface area contributed by atoms with Crippen LogP contribution in [0.2, 0.25) is 0 Å². The van der Waals surface area contributed by atoms with Gasteiger partial charge in [0.1, 0.15) is 0 Å². The number of carbonyl (C=O) groups is 1. The van der Waals surface area contributed by atoms with Crippen molar-refractivity contribution in [1.82, 2.24) is 14.9 Å². The Labute approximate surface area is 145 Å². The Kier molecular flexibility index (Phi) is 4.17. The molecule has 4 rings (SSSR count). The molecule has 0 bridgehead atoms. The first-order valence-corrected chi connectivity index (χ1v) is 8.92. The largest absolute Gasteiger partial charge is 0.368 e. The Bertz CT molecular complexity index is 841. The van der Waals surface area contributed by atoms with E-state index in [4.69, 9.17) is 5.73 Å². The standard InChI is InChI=1S/C18H23N5O2/c19-16(24)15-6-3-9-23(15)12-7-10-22(11-8-12)18-20-14-5-2-1-4-13(14)17(25)21-18/h1-2,4-5,12,15H,3,6-11H2,(H2,19,24)(H,20,21,25). The lowest BCUT2D eigenvalue weighted by atomic mass is 10.0. The van der Waals surface area contributed by atoms with E-state index in [1.807, 2.05) is 18.2 Å². The van der Waals surface area contributed by atoms with Crippen molar-refractivity contribution in [3.63, 3.8) is 0 Å². The second kappa shape index (κ2) is 6.48. The van der Waals surface area contributed by atoms with Gasteiger partial charge in [-0.25, -0.2) is 4.98 Å². The van der Waals surface area contributed by atoms with E-state index >= 15 is 0 Å². The van der Waals surface area contributed by atoms with Crippen LogP contribution in [0.4, 0.5) is 5.95 Å². The Morgan fingerprint density at radius 1 is 1.16 bits per heavy atom. The van der Waals surface area contributed by atoms with E-state index in [1.165, 1.54) is 0 Å². The lowest BCUT2D eigenvalue weighted by Crippen LogP contribution is -2.50. The smallest absolute Gasteiger partial charge is 0.260 e. The summed E-state index contributed by atoms with van der Waals surface area (Å²) in [7, 11) is 0. The number of benzene rings is 1. The molecule has 2 fully saturated rings. The van der Waals surface area contributed by atoms with E-state index < -0.39 is 0 Å². The zero-order valence-corrected chi connectivity index (χ0v) is 14.1. The number of amides is 1. The van der Waals surface area contributed by atoms with Crippen LogP contribution in [0.1, 0.15) is 25.7 Å². The van der Waals surface area contributed by atoms with Crippen molar-refractivity contribution in [3.8, 4) is 0 Å². The number of hydrogen-bond acceptors (Lipinski definition) is 5. The maximum absolute atomic E-state index is 12.3. The highest BCUT2D eigenvalue weighted by Gasteiger charge is 2.35. The minimum atomic E-state index is -0.208. The molecule has 0 spiro atoms. The van der Waals surface area contributed by atoms with Crippen molar-refractivity contribution in [2.45, 2.75) is 37.8 Å². The van der Waals surface area contributed by atoms with Crippen LogP contribution in [0.15, 0.2) is 29.1 Å². The molecule has 3 N–H and O–H groups in total. The van der Waals surface area contributed by atoms with Gasteiger partial charge in [0.25, 0.3) is 5.56 Å². The van der Waals surface area contributed by atoms with Crippen LogP contribution in [0.25, 0.3) is 10.9 Å². The minimum Gasteiger partial charge on any atom is -0.368 e. The number of carbonyl (C=O) groups excluding carboxylic acids is 1. The molecule has 1 unspecified atom stereocenters. The predicted molar refractivity (Wildman–Crippen MR) is 96.5 cm³/mol. The van der Waals surface area contributed by atoms with Gasteiger partial charge in [0.2, 0.25) is 11.9 Å². The molecule has 1 atom stereocenters. The van der Waals surface area contributed by atoms with Gasteiger partial charge >= 0.3 is 0 Å². The third-order valence-electron chi connectivity index (χ3n) is 5.46. The highest BCUT2D eigenvalue weighted by molar-refractivity contribution is 5.80. The van der Waals surface area contributed by atoms with E-state index in [9.17, 15) is 9.59 Å². The van der Waals surface area contributed by atoms with Crippen LogP contribution in [-0.2, 0) is 4.79 Å². The molecule has 2 aliphatic heterocycles. The number of rotatable bonds is 3. The fraction of sp³-hybridized carbons (Fsp3) is 0.500. The van der Waals surface area contributed by atoms with Crippen molar-refractivity contribution in [3.05, 3.63) is 34.6 Å². The normalized spacial score (nSPS) is 22.6. The van der Waals surface area contributed by atoms with Crippen LogP contribution in [-0.4, -0.2) is 52.5 Å². The summed E-state index contributed by atoms with van der Waals surface area (Å²) in [5, 5.41) is 0.613. The van der Waals surface area contributed by atoms with Gasteiger partial charge in [0.15, 0.2) is 0 Å². The van der Waals surface area contributed by atoms with Gasteiger partial charge < -0.3 is 10.6 Å². The minimum absolute atomic E-state index is 0.101. The first-order valence-electron chi connectivity index (χ1n) is 8.92. The van der Waals surface area contributed by atoms with Gasteiger partial charge in [-0.05, 0) is 44.4 Å². The third-order valence-corrected chi connectivity index (χ3v) is 5.46. The monoisotopic (exact) mass is 341 g/mol. The van der Waals surface area contributed by atoms with Crippen molar-refractivity contribution >= 4 is 22.8 Å². The summed E-state index contributed by atoms with van der Waals surface area (Å²) in [6, 6.07) is 7.65. The summed E-state index contributed by atoms with van der Waals surface area (Å²) in [5.74, 6) is 0.426. The number of nitrogens with two attached hydrogens (primary N) is 1. The number of anilines is 1. The molecule has 7 nitrogen and oxygen atoms in total. The van der Waals surface area contributed by atoms with Gasteiger partial charge in [-0.2, -0.15) is 0 Å². The summed E-state index contributed by atoms with van der Waals surface area (Å²) < 4.78 is 0. The zero-order chi connectivity index (χ0) is 17.4. The van der Waals surface area contributed by atoms with Crippen LogP contribution >= 0.6 is 0 Å². The highest BCUT2D eigenvalue weighted by atomic mass is 16.1. The van der Waals surface area contributed by atoms with E-state index in [0.717, 1.165) is 50.8 Å². The molecule has 132 valence electrons. The van der Waals surface area contributed by atoms with Crippen LogP contribution in [0.5, 0.6) is 0 Å². The number of likely N-dealkylation sites (tertiary alicyclic amines) is 1. The fourth-order valence-corrected chi connectivity index (χ4v) is 4.16. The van der Waals surface area contributed by atoms with Crippen molar-refractivity contribution in [2.75, 3.05) is 24.5 Å². The van der Waals surface area contributed by atoms with Crippen molar-refractivity contribution in [2.24, 2.45) is 5.73 Å². The molecule has 2 aromatic rings. The Hall–Kier alpha value is -2.41. The van der Waals surface area contributed by atoms with Gasteiger partial charge in [-0.3, -0.25) is 19.5 Å². The molecule has 25 heavy (non-hydrogen) atoms. The maximum atomic E-state index is 12.3. The lowest BCUT2D eigenvalue weighted by molar-refractivity contribution is -0.123. The number of nitrogens with one attached hydrogen (secondary N) is 1. The summed E-state index contributed by atoms with van der Waals surface area (Å²) >= 11 is 0. The SMILES string of the molecule is NC(=O)C1CCCN1C1CCN(c2nc3ccccc3c(=O)[nH]2)CC1. The number of nitrogens with zero attached hydrogens (tertiary/aromatic N) is 3. The van der Waals surface area contributed by atoms with E-state index in [-0.39, 0.29) is 17.5 Å². The average molecular weight is 341 g/mol. The van der Waals surface area contributed by atoms with Crippen LogP contribution in [0.3, 0.4) is 0 Å². The number of aromatic nitrogens is 2. The van der Waals surface area contributed by atoms with Crippen molar-refractivity contribution in [1.29, 1.82) is 0 Å². The maximum Gasteiger partial charge on any atom is 0.260 e. The van der Waals surface area contributed by atoms with Crippen LogP contribution < -0.4 is 16.2 Å². The molecule has 1 aromatic carbocycles. The molecular formula is C18H23N5O2. The molecule has 2 saturated heterocycles. The molecule has 0 saturated carbocycles. The van der Waals surface area contributed by atoms with Gasteiger partial charge in [-0.15, -0.1) is 0 Å². The lowest BCUT2D eigenvalue weighted by Gasteiger charge is -2.38. The number of fused-ring (bicyclic) bond motifs is 1. The Morgan fingerprint density at radius 3 is 2.68 bits per heavy atom. The molecule has 1 amide bonds. The predicted octanol–water partition coefficient (Wildman–Crippen LogP) is 0.842. The first kappa shape index (κ1) is 16.1. The fourth-order valence-electron chi connectivity index (χ4n) is 4.16. The number of aromatic amines is 1. The first-order chi connectivity index (χ1) is 12.1. The molecule has 1 aromatic heterocycles. The summed E-state index contributed by atoms with van der Waals surface area (Å²) in [6.07, 6.45) is 3.79. The summed E-state index contributed by atoms with van der Waals surface area (Å²) in [4.78, 5) is 35.8. The molecule has 0 aliphatic carbocycles. The molecular weight excluding hydrogens is 318 g/mol. The molecule has 0 radical (unpaired) electrons. The molecule has 7 heteroatoms. The Balaban J connectivity index is 1.49. The average Bonchev–Trinajstić information content (AvgIpc) is 3.12. The number of piperidine rings is 1. The Morgan fingerprint density at radius 2 is 1.92 bits per heavy atom. The molecule has 3 heterocycles. The quantitative estimate of drug-likeness (QED) is 0.863. The summed E-state index contributed by atoms with van der Waals surface area (Å²) in [5.41, 5.74) is 6.16. The van der Waals surface area contributed by atoms with Gasteiger partial charge in [0, 0.05) is 19.1 Å². The number of H-pyrrole nitrogens is 1. The molecule has 2 aliphatic rings. The number of para-hydroxylation sites is 1. The summed E-state index contributed by atoms with van der Waals surface area (Å²) in [6.45, 7) is 2.57. The van der Waals surface area contributed by atoms with Gasteiger partial charge in [0.05, 0.1) is 16.9 Å². The van der Waals surface area contributed by atoms with Crippen molar-refractivity contribution < 1.29 is 4.79 Å². The zero-order valence-electron chi connectivity index (χ0n) is 14.1. The second-order valence-electron chi connectivity index (χ2n) is 6.92. The highest BCUT2D eigenvalue weighted by Crippen LogP contribution is 2.27. The van der Waals surface area contributed by atoms with E-state index in [1.54, 1.807) is 6.07 Å². The number of primary amides is 1. The number of hydrogen-bond donors (Lipinski definition) is 2. The van der Waals surface area contributed by atoms with E-state index in [2.05, 4.69) is 19.8 Å². The third kappa shape index (κ3) is 3.00. The van der Waals surface area contributed by atoms with Gasteiger partial charge in [-0.1, -0.05) is 12.1 Å². The second-order valence-corrected chi connectivity index (χ2v) is 6.92. The topological polar surface area (TPSA) is 95.3 Å². The van der Waals surface area contributed by atoms with E-state index in [0.29, 0.717) is 17.4 Å². The van der Waals surface area contributed by atoms with Crippen LogP contribution in [0, 0.1) is 0 Å².